The van der Waals surface area contributed by atoms with Gasteiger partial charge < -0.3 is 10.2 Å². The molecule has 1 aliphatic heterocycles. The number of carbonyl (C=O) groups is 2. The molecule has 0 spiro atoms. The van der Waals surface area contributed by atoms with Crippen LogP contribution >= 0.6 is 0 Å². The first kappa shape index (κ1) is 15.5. The van der Waals surface area contributed by atoms with Crippen LogP contribution in [0.25, 0.3) is 0 Å². The van der Waals surface area contributed by atoms with Crippen LogP contribution in [0.5, 0.6) is 0 Å². The minimum absolute atomic E-state index is 0.217. The van der Waals surface area contributed by atoms with Crippen molar-refractivity contribution in [2.24, 2.45) is 5.92 Å². The smallest absolute Gasteiger partial charge is 0.321 e. The fourth-order valence-corrected chi connectivity index (χ4v) is 2.53. The summed E-state index contributed by atoms with van der Waals surface area (Å²) < 4.78 is 0. The summed E-state index contributed by atoms with van der Waals surface area (Å²) in [5, 5.41) is 5.08. The Labute approximate surface area is 125 Å². The molecule has 2 rings (SSSR count). The van der Waals surface area contributed by atoms with Crippen LogP contribution in [0.15, 0.2) is 24.3 Å². The second-order valence-corrected chi connectivity index (χ2v) is 6.02. The molecular weight excluding hydrogens is 266 g/mol. The molecular formula is C16H24N3O2+. The highest BCUT2D eigenvalue weighted by molar-refractivity contribution is 5.94. The number of hydrogen-bond acceptors (Lipinski definition) is 2. The summed E-state index contributed by atoms with van der Waals surface area (Å²) in [5.74, 6) is 0.153. The zero-order chi connectivity index (χ0) is 15.2. The molecule has 5 heteroatoms. The minimum atomic E-state index is -0.398. The Morgan fingerprint density at radius 2 is 1.95 bits per heavy atom. The fraction of sp³-hybridized carbons (Fsp3) is 0.500. The van der Waals surface area contributed by atoms with E-state index >= 15 is 0 Å². The summed E-state index contributed by atoms with van der Waals surface area (Å²) in [5.41, 5.74) is 2.67. The first-order valence-electron chi connectivity index (χ1n) is 7.52. The molecule has 0 aliphatic carbocycles. The lowest BCUT2D eigenvalue weighted by molar-refractivity contribution is -0.908. The fourth-order valence-electron chi connectivity index (χ4n) is 2.53. The molecule has 21 heavy (non-hydrogen) atoms. The number of quaternary nitrogens is 1. The number of fused-ring (bicyclic) bond motifs is 1. The van der Waals surface area contributed by atoms with Crippen LogP contribution in [-0.2, 0) is 17.8 Å². The zero-order valence-electron chi connectivity index (χ0n) is 12.7. The van der Waals surface area contributed by atoms with E-state index in [4.69, 9.17) is 0 Å². The largest absolute Gasteiger partial charge is 0.338 e. The third-order valence-corrected chi connectivity index (χ3v) is 3.64. The number of urea groups is 1. The average Bonchev–Trinajstić information content (AvgIpc) is 2.45. The van der Waals surface area contributed by atoms with Crippen molar-refractivity contribution >= 4 is 11.9 Å². The predicted molar refractivity (Wildman–Crippen MR) is 80.9 cm³/mol. The molecule has 114 valence electrons. The van der Waals surface area contributed by atoms with E-state index in [0.29, 0.717) is 19.0 Å². The Kier molecular flexibility index (Phi) is 5.33. The third-order valence-electron chi connectivity index (χ3n) is 3.64. The van der Waals surface area contributed by atoms with Gasteiger partial charge in [0.1, 0.15) is 6.54 Å². The average molecular weight is 290 g/mol. The molecule has 0 saturated carbocycles. The first-order chi connectivity index (χ1) is 10.0. The molecule has 1 unspecified atom stereocenters. The maximum absolute atomic E-state index is 11.9. The highest BCUT2D eigenvalue weighted by Crippen LogP contribution is 2.10. The normalized spacial score (nSPS) is 17.2. The summed E-state index contributed by atoms with van der Waals surface area (Å²) in [4.78, 5) is 24.6. The summed E-state index contributed by atoms with van der Waals surface area (Å²) in [7, 11) is 0. The van der Waals surface area contributed by atoms with Crippen LogP contribution in [-0.4, -0.2) is 31.6 Å². The van der Waals surface area contributed by atoms with Gasteiger partial charge in [0.15, 0.2) is 6.54 Å². The molecule has 0 aromatic heterocycles. The van der Waals surface area contributed by atoms with Gasteiger partial charge in [-0.25, -0.2) is 4.79 Å². The summed E-state index contributed by atoms with van der Waals surface area (Å²) in [6.45, 7) is 6.70. The molecule has 3 N–H and O–H groups in total. The summed E-state index contributed by atoms with van der Waals surface area (Å²) in [6.07, 6.45) is 0.984. The van der Waals surface area contributed by atoms with Gasteiger partial charge in [-0.05, 0) is 11.5 Å². The van der Waals surface area contributed by atoms with Crippen molar-refractivity contribution in [1.82, 2.24) is 10.6 Å². The standard InChI is InChI=1S/C16H23N3O2/c1-12(2)9-17-16(21)18-15(20)11-19-8-7-13-5-3-4-6-14(13)10-19/h3-6,12H,7-11H2,1-2H3,(H2,17,18,20,21)/p+1. The lowest BCUT2D eigenvalue weighted by atomic mass is 10.00. The van der Waals surface area contributed by atoms with E-state index in [2.05, 4.69) is 28.8 Å². The number of amides is 3. The van der Waals surface area contributed by atoms with Gasteiger partial charge in [0.25, 0.3) is 5.91 Å². The predicted octanol–water partition coefficient (Wildman–Crippen LogP) is 0.109. The van der Waals surface area contributed by atoms with Crippen molar-refractivity contribution in [3.8, 4) is 0 Å². The van der Waals surface area contributed by atoms with Gasteiger partial charge >= 0.3 is 6.03 Å². The van der Waals surface area contributed by atoms with Crippen molar-refractivity contribution in [2.45, 2.75) is 26.8 Å². The van der Waals surface area contributed by atoms with E-state index in [0.717, 1.165) is 19.5 Å². The molecule has 0 fully saturated rings. The maximum Gasteiger partial charge on any atom is 0.321 e. The van der Waals surface area contributed by atoms with Crippen LogP contribution in [0.1, 0.15) is 25.0 Å². The molecule has 5 nitrogen and oxygen atoms in total. The lowest BCUT2D eigenvalue weighted by Gasteiger charge is -2.25. The summed E-state index contributed by atoms with van der Waals surface area (Å²) >= 11 is 0. The highest BCUT2D eigenvalue weighted by atomic mass is 16.2. The van der Waals surface area contributed by atoms with Gasteiger partial charge in [-0.1, -0.05) is 38.1 Å². The molecule has 1 aromatic rings. The Bertz CT molecular complexity index is 514. The number of nitrogens with one attached hydrogen (secondary N) is 3. The first-order valence-corrected chi connectivity index (χ1v) is 7.52. The van der Waals surface area contributed by atoms with E-state index in [9.17, 15) is 9.59 Å². The highest BCUT2D eigenvalue weighted by Gasteiger charge is 2.22. The Balaban J connectivity index is 1.78. The molecule has 0 radical (unpaired) electrons. The number of rotatable bonds is 4. The van der Waals surface area contributed by atoms with Gasteiger partial charge in [-0.15, -0.1) is 0 Å². The monoisotopic (exact) mass is 290 g/mol. The van der Waals surface area contributed by atoms with Gasteiger partial charge in [0.2, 0.25) is 0 Å². The van der Waals surface area contributed by atoms with Crippen molar-refractivity contribution in [3.05, 3.63) is 35.4 Å². The van der Waals surface area contributed by atoms with Crippen LogP contribution < -0.4 is 15.5 Å². The number of carbonyl (C=O) groups excluding carboxylic acids is 2. The van der Waals surface area contributed by atoms with Crippen LogP contribution in [0.3, 0.4) is 0 Å². The topological polar surface area (TPSA) is 62.6 Å². The van der Waals surface area contributed by atoms with Crippen LogP contribution in [0, 0.1) is 5.92 Å². The van der Waals surface area contributed by atoms with E-state index < -0.39 is 6.03 Å². The molecule has 3 amide bonds. The quantitative estimate of drug-likeness (QED) is 0.737. The molecule has 0 saturated heterocycles. The summed E-state index contributed by atoms with van der Waals surface area (Å²) in [6, 6.07) is 7.94. The molecule has 1 heterocycles. The molecule has 1 aliphatic rings. The number of benzene rings is 1. The van der Waals surface area contributed by atoms with Gasteiger partial charge in [0.05, 0.1) is 6.54 Å². The molecule has 1 atom stereocenters. The van der Waals surface area contributed by atoms with Crippen molar-refractivity contribution < 1.29 is 14.5 Å². The minimum Gasteiger partial charge on any atom is -0.338 e. The van der Waals surface area contributed by atoms with Crippen LogP contribution in [0.4, 0.5) is 4.79 Å². The lowest BCUT2D eigenvalue weighted by Crippen LogP contribution is -3.13. The van der Waals surface area contributed by atoms with E-state index in [1.807, 2.05) is 19.9 Å². The maximum atomic E-state index is 11.9. The van der Waals surface area contributed by atoms with Gasteiger partial charge in [-0.3, -0.25) is 10.1 Å². The molecule has 0 bridgehead atoms. The second kappa shape index (κ2) is 7.22. The van der Waals surface area contributed by atoms with Crippen molar-refractivity contribution in [3.63, 3.8) is 0 Å². The van der Waals surface area contributed by atoms with Crippen molar-refractivity contribution in [1.29, 1.82) is 0 Å². The van der Waals surface area contributed by atoms with E-state index in [1.165, 1.54) is 16.0 Å². The number of imide groups is 1. The van der Waals surface area contributed by atoms with Gasteiger partial charge in [0, 0.05) is 18.5 Å². The number of hydrogen-bond donors (Lipinski definition) is 3. The van der Waals surface area contributed by atoms with Gasteiger partial charge in [-0.2, -0.15) is 0 Å². The van der Waals surface area contributed by atoms with E-state index in [-0.39, 0.29) is 5.91 Å². The Hall–Kier alpha value is -1.88. The Morgan fingerprint density at radius 3 is 2.67 bits per heavy atom. The van der Waals surface area contributed by atoms with E-state index in [1.54, 1.807) is 0 Å². The Morgan fingerprint density at radius 1 is 1.24 bits per heavy atom. The molecule has 1 aromatic carbocycles. The van der Waals surface area contributed by atoms with Crippen LogP contribution in [0.2, 0.25) is 0 Å². The SMILES string of the molecule is CC(C)CNC(=O)NC(=O)C[NH+]1CCc2ccccc2C1. The van der Waals surface area contributed by atoms with Crippen molar-refractivity contribution in [2.75, 3.05) is 19.6 Å². The second-order valence-electron chi connectivity index (χ2n) is 6.02. The zero-order valence-corrected chi connectivity index (χ0v) is 12.7. The third kappa shape index (κ3) is 4.86.